The molecular weight excluding hydrogens is 256 g/mol. The minimum Gasteiger partial charge on any atom is -0.360 e. The van der Waals surface area contributed by atoms with Gasteiger partial charge >= 0.3 is 0 Å². The van der Waals surface area contributed by atoms with Crippen molar-refractivity contribution in [3.8, 4) is 0 Å². The number of nitrogens with one attached hydrogen (secondary N) is 1. The highest BCUT2D eigenvalue weighted by atomic mass is 32.1. The molecule has 4 nitrogen and oxygen atoms in total. The largest absolute Gasteiger partial charge is 0.360 e. The van der Waals surface area contributed by atoms with Gasteiger partial charge in [0.2, 0.25) is 5.13 Å². The van der Waals surface area contributed by atoms with E-state index in [2.05, 4.69) is 45.9 Å². The van der Waals surface area contributed by atoms with Crippen LogP contribution in [-0.2, 0) is 6.42 Å². The van der Waals surface area contributed by atoms with Crippen LogP contribution >= 0.6 is 11.5 Å². The number of benzene rings is 1. The first-order valence-electron chi connectivity index (χ1n) is 6.60. The van der Waals surface area contributed by atoms with Crippen LogP contribution in [0.1, 0.15) is 29.8 Å². The van der Waals surface area contributed by atoms with Gasteiger partial charge in [-0.25, -0.2) is 4.98 Å². The highest BCUT2D eigenvalue weighted by molar-refractivity contribution is 7.09. The van der Waals surface area contributed by atoms with Crippen LogP contribution in [0.5, 0.6) is 0 Å². The number of nitrogens with two attached hydrogens (primary N) is 1. The fourth-order valence-electron chi connectivity index (χ4n) is 1.75. The fraction of sp³-hybridized carbons (Fsp3) is 0.429. The average molecular weight is 276 g/mol. The second-order valence-corrected chi connectivity index (χ2v) is 5.35. The zero-order valence-electron chi connectivity index (χ0n) is 11.2. The molecule has 19 heavy (non-hydrogen) atoms. The summed E-state index contributed by atoms with van der Waals surface area (Å²) >= 11 is 1.43. The third kappa shape index (κ3) is 4.61. The summed E-state index contributed by atoms with van der Waals surface area (Å²) < 4.78 is 4.38. The minimum absolute atomic E-state index is 0.747. The Bertz CT molecular complexity index is 492. The lowest BCUT2D eigenvalue weighted by atomic mass is 10.1. The lowest BCUT2D eigenvalue weighted by Gasteiger charge is -2.00. The minimum atomic E-state index is 0.747. The van der Waals surface area contributed by atoms with Crippen LogP contribution in [0.25, 0.3) is 0 Å². The van der Waals surface area contributed by atoms with Crippen molar-refractivity contribution in [1.29, 1.82) is 0 Å². The van der Waals surface area contributed by atoms with Crippen LogP contribution in [0, 0.1) is 6.92 Å². The van der Waals surface area contributed by atoms with Gasteiger partial charge in [-0.3, -0.25) is 0 Å². The molecule has 1 aromatic heterocycles. The summed E-state index contributed by atoms with van der Waals surface area (Å²) in [6, 6.07) is 8.50. The summed E-state index contributed by atoms with van der Waals surface area (Å²) in [6.45, 7) is 3.75. The zero-order chi connectivity index (χ0) is 13.5. The first-order chi connectivity index (χ1) is 9.28. The zero-order valence-corrected chi connectivity index (χ0v) is 12.0. The fourth-order valence-corrected chi connectivity index (χ4v) is 2.36. The highest BCUT2D eigenvalue weighted by Gasteiger charge is 2.04. The standard InChI is InChI=1S/C14H20N4S/c1-11-4-6-12(7-5-11)10-13-17-14(19-18-13)16-9-3-2-8-15/h4-7H,2-3,8-10,15H2,1H3,(H,16,17,18). The van der Waals surface area contributed by atoms with Crippen LogP contribution in [0.4, 0.5) is 5.13 Å². The highest BCUT2D eigenvalue weighted by Crippen LogP contribution is 2.14. The molecule has 0 saturated carbocycles. The molecule has 0 aliphatic heterocycles. The number of anilines is 1. The van der Waals surface area contributed by atoms with Gasteiger partial charge in [0.15, 0.2) is 0 Å². The van der Waals surface area contributed by atoms with Crippen LogP contribution < -0.4 is 11.1 Å². The molecule has 102 valence electrons. The number of nitrogens with zero attached hydrogens (tertiary/aromatic N) is 2. The maximum atomic E-state index is 5.46. The molecule has 3 N–H and O–H groups in total. The van der Waals surface area contributed by atoms with Gasteiger partial charge in [0.05, 0.1) is 0 Å². The summed E-state index contributed by atoms with van der Waals surface area (Å²) in [6.07, 6.45) is 2.91. The third-order valence-corrected chi connectivity index (χ3v) is 3.57. The Kier molecular flexibility index (Phi) is 5.30. The first-order valence-corrected chi connectivity index (χ1v) is 7.37. The molecule has 1 aromatic carbocycles. The van der Waals surface area contributed by atoms with Crippen LogP contribution in [0.3, 0.4) is 0 Å². The summed E-state index contributed by atoms with van der Waals surface area (Å²) in [5, 5.41) is 4.19. The maximum Gasteiger partial charge on any atom is 0.202 e. The number of aromatic nitrogens is 2. The van der Waals surface area contributed by atoms with Gasteiger partial charge in [0, 0.05) is 24.5 Å². The number of aryl methyl sites for hydroxylation is 1. The molecule has 0 amide bonds. The Labute approximate surface area is 118 Å². The van der Waals surface area contributed by atoms with Crippen LogP contribution in [-0.4, -0.2) is 22.4 Å². The van der Waals surface area contributed by atoms with Crippen molar-refractivity contribution < 1.29 is 0 Å². The Morgan fingerprint density at radius 2 is 2.00 bits per heavy atom. The molecule has 1 heterocycles. The van der Waals surface area contributed by atoms with E-state index in [0.717, 1.165) is 43.3 Å². The molecule has 0 atom stereocenters. The second kappa shape index (κ2) is 7.21. The number of hydrogen-bond donors (Lipinski definition) is 2. The summed E-state index contributed by atoms with van der Waals surface area (Å²) in [4.78, 5) is 4.49. The van der Waals surface area contributed by atoms with E-state index in [1.54, 1.807) is 0 Å². The average Bonchev–Trinajstić information content (AvgIpc) is 2.85. The van der Waals surface area contributed by atoms with Crippen LogP contribution in [0.15, 0.2) is 24.3 Å². The van der Waals surface area contributed by atoms with E-state index in [1.165, 1.54) is 22.7 Å². The molecule has 0 spiro atoms. The smallest absolute Gasteiger partial charge is 0.202 e. The van der Waals surface area contributed by atoms with Gasteiger partial charge in [0.25, 0.3) is 0 Å². The van der Waals surface area contributed by atoms with Crippen molar-refractivity contribution in [2.24, 2.45) is 5.73 Å². The van der Waals surface area contributed by atoms with Gasteiger partial charge in [0.1, 0.15) is 5.82 Å². The van der Waals surface area contributed by atoms with Crippen molar-refractivity contribution >= 4 is 16.7 Å². The summed E-state index contributed by atoms with van der Waals surface area (Å²) in [5.74, 6) is 0.884. The van der Waals surface area contributed by atoms with E-state index in [-0.39, 0.29) is 0 Å². The van der Waals surface area contributed by atoms with Gasteiger partial charge < -0.3 is 11.1 Å². The lowest BCUT2D eigenvalue weighted by molar-refractivity contribution is 0.773. The van der Waals surface area contributed by atoms with Crippen molar-refractivity contribution in [3.63, 3.8) is 0 Å². The molecule has 0 radical (unpaired) electrons. The van der Waals surface area contributed by atoms with Gasteiger partial charge in [-0.2, -0.15) is 4.37 Å². The van der Waals surface area contributed by atoms with Crippen molar-refractivity contribution in [2.75, 3.05) is 18.4 Å². The number of rotatable bonds is 7. The van der Waals surface area contributed by atoms with Crippen molar-refractivity contribution in [3.05, 3.63) is 41.2 Å². The molecule has 0 aliphatic carbocycles. The van der Waals surface area contributed by atoms with Gasteiger partial charge in [-0.05, 0) is 31.9 Å². The van der Waals surface area contributed by atoms with Gasteiger partial charge in [-0.15, -0.1) is 0 Å². The second-order valence-electron chi connectivity index (χ2n) is 4.60. The van der Waals surface area contributed by atoms with Crippen LogP contribution in [0.2, 0.25) is 0 Å². The molecule has 2 rings (SSSR count). The molecule has 0 unspecified atom stereocenters. The van der Waals surface area contributed by atoms with E-state index >= 15 is 0 Å². The monoisotopic (exact) mass is 276 g/mol. The van der Waals surface area contributed by atoms with E-state index in [1.807, 2.05) is 0 Å². The molecule has 0 bridgehead atoms. The number of unbranched alkanes of at least 4 members (excludes halogenated alkanes) is 1. The SMILES string of the molecule is Cc1ccc(Cc2nsc(NCCCCN)n2)cc1. The molecule has 0 aliphatic rings. The topological polar surface area (TPSA) is 63.8 Å². The Morgan fingerprint density at radius 3 is 2.74 bits per heavy atom. The Morgan fingerprint density at radius 1 is 1.21 bits per heavy atom. The summed E-state index contributed by atoms with van der Waals surface area (Å²) in [7, 11) is 0. The predicted molar refractivity (Wildman–Crippen MR) is 80.7 cm³/mol. The molecule has 2 aromatic rings. The maximum absolute atomic E-state index is 5.46. The molecule has 0 fully saturated rings. The molecule has 0 saturated heterocycles. The van der Waals surface area contributed by atoms with Crippen molar-refractivity contribution in [2.45, 2.75) is 26.2 Å². The van der Waals surface area contributed by atoms with Gasteiger partial charge in [-0.1, -0.05) is 29.8 Å². The van der Waals surface area contributed by atoms with E-state index in [0.29, 0.717) is 0 Å². The first kappa shape index (κ1) is 14.0. The van der Waals surface area contributed by atoms with E-state index in [9.17, 15) is 0 Å². The van der Waals surface area contributed by atoms with E-state index < -0.39 is 0 Å². The van der Waals surface area contributed by atoms with Crippen molar-refractivity contribution in [1.82, 2.24) is 9.36 Å². The van der Waals surface area contributed by atoms with E-state index in [4.69, 9.17) is 5.73 Å². The third-order valence-electron chi connectivity index (χ3n) is 2.86. The summed E-state index contributed by atoms with van der Waals surface area (Å²) in [5.41, 5.74) is 7.98. The molecular formula is C14H20N4S. The predicted octanol–water partition coefficient (Wildman–Crippen LogP) is 2.59. The molecule has 5 heteroatoms. The Hall–Kier alpha value is -1.46. The Balaban J connectivity index is 1.85. The number of hydrogen-bond acceptors (Lipinski definition) is 5. The quantitative estimate of drug-likeness (QED) is 0.763. The lowest BCUT2D eigenvalue weighted by Crippen LogP contribution is -2.05. The normalized spacial score (nSPS) is 10.6.